The van der Waals surface area contributed by atoms with Crippen molar-refractivity contribution < 1.29 is 4.74 Å². The van der Waals surface area contributed by atoms with Gasteiger partial charge < -0.3 is 15.4 Å². The lowest BCUT2D eigenvalue weighted by Gasteiger charge is -2.20. The zero-order chi connectivity index (χ0) is 11.7. The highest BCUT2D eigenvalue weighted by atomic mass is 16.5. The van der Waals surface area contributed by atoms with Crippen LogP contribution in [0.15, 0.2) is 0 Å². The van der Waals surface area contributed by atoms with Crippen molar-refractivity contribution in [3.05, 3.63) is 0 Å². The van der Waals surface area contributed by atoms with Crippen LogP contribution in [0.25, 0.3) is 0 Å². The van der Waals surface area contributed by atoms with Gasteiger partial charge >= 0.3 is 0 Å². The third-order valence-electron chi connectivity index (χ3n) is 2.15. The van der Waals surface area contributed by atoms with Crippen LogP contribution in [0.3, 0.4) is 0 Å². The van der Waals surface area contributed by atoms with E-state index in [4.69, 9.17) is 15.9 Å². The maximum absolute atomic E-state index is 7.15. The molecule has 0 atom stereocenters. The summed E-state index contributed by atoms with van der Waals surface area (Å²) >= 11 is 0. The highest BCUT2D eigenvalue weighted by Gasteiger charge is 2.03. The van der Waals surface area contributed by atoms with Gasteiger partial charge in [0.15, 0.2) is 0 Å². The molecular formula is C11H25N3O. The van der Waals surface area contributed by atoms with Crippen molar-refractivity contribution in [3.63, 3.8) is 0 Å². The van der Waals surface area contributed by atoms with Gasteiger partial charge in [0, 0.05) is 26.1 Å². The van der Waals surface area contributed by atoms with Gasteiger partial charge in [0.05, 0.1) is 12.4 Å². The molecule has 4 nitrogen and oxygen atoms in total. The number of hydrogen-bond acceptors (Lipinski definition) is 3. The number of nitrogens with two attached hydrogens (primary N) is 1. The van der Waals surface area contributed by atoms with Crippen molar-refractivity contribution >= 4 is 5.84 Å². The van der Waals surface area contributed by atoms with Gasteiger partial charge in [-0.1, -0.05) is 20.8 Å². The Kier molecular flexibility index (Phi) is 8.33. The van der Waals surface area contributed by atoms with Crippen LogP contribution in [0.1, 0.15) is 27.2 Å². The number of hydrogen-bond donors (Lipinski definition) is 2. The maximum Gasteiger partial charge on any atom is 0.0918 e. The highest BCUT2D eigenvalue weighted by Crippen LogP contribution is 1.95. The van der Waals surface area contributed by atoms with Gasteiger partial charge in [0.1, 0.15) is 0 Å². The average molecular weight is 215 g/mol. The van der Waals surface area contributed by atoms with Crippen LogP contribution in [0.5, 0.6) is 0 Å². The van der Waals surface area contributed by atoms with E-state index in [0.717, 1.165) is 32.8 Å². The Labute approximate surface area is 93.3 Å². The summed E-state index contributed by atoms with van der Waals surface area (Å²) in [7, 11) is 0. The summed E-state index contributed by atoms with van der Waals surface area (Å²) in [4.78, 5) is 2.25. The van der Waals surface area contributed by atoms with Gasteiger partial charge in [-0.15, -0.1) is 0 Å². The van der Waals surface area contributed by atoms with E-state index in [1.54, 1.807) is 0 Å². The second-order valence-electron chi connectivity index (χ2n) is 4.18. The molecule has 0 saturated heterocycles. The lowest BCUT2D eigenvalue weighted by atomic mass is 10.2. The Morgan fingerprint density at radius 1 is 1.40 bits per heavy atom. The molecule has 0 fully saturated rings. The van der Waals surface area contributed by atoms with E-state index in [9.17, 15) is 0 Å². The number of amidine groups is 1. The number of rotatable bonds is 9. The molecule has 3 N–H and O–H groups in total. The van der Waals surface area contributed by atoms with E-state index in [2.05, 4.69) is 25.7 Å². The standard InChI is InChI=1S/C11H25N3O/c1-4-14(6-5-11(12)13)7-8-15-9-10(2)3/h10H,4-9H2,1-3H3,(H3,12,13). The molecule has 0 aliphatic heterocycles. The summed E-state index contributed by atoms with van der Waals surface area (Å²) in [5, 5.41) is 7.15. The average Bonchev–Trinajstić information content (AvgIpc) is 2.16. The minimum atomic E-state index is 0.261. The summed E-state index contributed by atoms with van der Waals surface area (Å²) in [6, 6.07) is 0. The maximum atomic E-state index is 7.15. The Hall–Kier alpha value is -0.610. The van der Waals surface area contributed by atoms with Gasteiger partial charge in [0.2, 0.25) is 0 Å². The Morgan fingerprint density at radius 3 is 2.53 bits per heavy atom. The van der Waals surface area contributed by atoms with Crippen molar-refractivity contribution in [2.45, 2.75) is 27.2 Å². The van der Waals surface area contributed by atoms with E-state index < -0.39 is 0 Å². The summed E-state index contributed by atoms with van der Waals surface area (Å²) in [6.45, 7) is 10.8. The first-order valence-corrected chi connectivity index (χ1v) is 5.69. The summed E-state index contributed by atoms with van der Waals surface area (Å²) in [5.74, 6) is 0.855. The molecule has 0 unspecified atom stereocenters. The largest absolute Gasteiger partial charge is 0.388 e. The number of ether oxygens (including phenoxy) is 1. The SMILES string of the molecule is CCN(CCOCC(C)C)CCC(=N)N. The predicted molar refractivity (Wildman–Crippen MR) is 64.3 cm³/mol. The first-order valence-electron chi connectivity index (χ1n) is 5.69. The quantitative estimate of drug-likeness (QED) is 0.346. The molecule has 0 aromatic rings. The minimum Gasteiger partial charge on any atom is -0.388 e. The van der Waals surface area contributed by atoms with Crippen LogP contribution in [-0.2, 0) is 4.74 Å². The fourth-order valence-electron chi connectivity index (χ4n) is 1.22. The summed E-state index contributed by atoms with van der Waals surface area (Å²) in [6.07, 6.45) is 0.651. The van der Waals surface area contributed by atoms with Gasteiger partial charge in [-0.3, -0.25) is 5.41 Å². The molecule has 0 bridgehead atoms. The minimum absolute atomic E-state index is 0.261. The smallest absolute Gasteiger partial charge is 0.0918 e. The van der Waals surface area contributed by atoms with Crippen LogP contribution in [0.2, 0.25) is 0 Å². The normalized spacial score (nSPS) is 11.3. The predicted octanol–water partition coefficient (Wildman–Crippen LogP) is 1.31. The topological polar surface area (TPSA) is 62.3 Å². The number of nitrogens with one attached hydrogen (secondary N) is 1. The lowest BCUT2D eigenvalue weighted by molar-refractivity contribution is 0.0874. The van der Waals surface area contributed by atoms with Crippen molar-refractivity contribution in [3.8, 4) is 0 Å². The third kappa shape index (κ3) is 9.69. The molecule has 0 heterocycles. The van der Waals surface area contributed by atoms with Crippen LogP contribution >= 0.6 is 0 Å². The Bertz CT molecular complexity index is 171. The molecule has 90 valence electrons. The first-order chi connectivity index (χ1) is 7.06. The molecule has 15 heavy (non-hydrogen) atoms. The molecule has 0 aromatic heterocycles. The molecule has 0 saturated carbocycles. The molecule has 0 amide bonds. The lowest BCUT2D eigenvalue weighted by Crippen LogP contribution is -2.31. The Morgan fingerprint density at radius 2 is 2.07 bits per heavy atom. The summed E-state index contributed by atoms with van der Waals surface area (Å²) in [5.41, 5.74) is 5.32. The fraction of sp³-hybridized carbons (Fsp3) is 0.909. The second-order valence-corrected chi connectivity index (χ2v) is 4.18. The molecule has 0 radical (unpaired) electrons. The zero-order valence-corrected chi connectivity index (χ0v) is 10.3. The second kappa shape index (κ2) is 8.68. The fourth-order valence-corrected chi connectivity index (χ4v) is 1.22. The third-order valence-corrected chi connectivity index (χ3v) is 2.15. The highest BCUT2D eigenvalue weighted by molar-refractivity contribution is 5.76. The van der Waals surface area contributed by atoms with Crippen LogP contribution < -0.4 is 5.73 Å². The van der Waals surface area contributed by atoms with E-state index in [1.165, 1.54) is 0 Å². The van der Waals surface area contributed by atoms with Crippen molar-refractivity contribution in [1.82, 2.24) is 4.90 Å². The molecular weight excluding hydrogens is 190 g/mol. The van der Waals surface area contributed by atoms with Crippen LogP contribution in [-0.4, -0.2) is 43.6 Å². The Balaban J connectivity index is 3.48. The van der Waals surface area contributed by atoms with Crippen molar-refractivity contribution in [2.24, 2.45) is 11.7 Å². The molecule has 0 aliphatic rings. The van der Waals surface area contributed by atoms with E-state index in [-0.39, 0.29) is 5.84 Å². The monoisotopic (exact) mass is 215 g/mol. The van der Waals surface area contributed by atoms with Crippen LogP contribution in [0.4, 0.5) is 0 Å². The number of nitrogens with zero attached hydrogens (tertiary/aromatic N) is 1. The summed E-state index contributed by atoms with van der Waals surface area (Å²) < 4.78 is 5.51. The van der Waals surface area contributed by atoms with Gasteiger partial charge in [-0.05, 0) is 12.5 Å². The molecule has 4 heteroatoms. The molecule has 0 aliphatic carbocycles. The molecule has 0 spiro atoms. The van der Waals surface area contributed by atoms with Crippen molar-refractivity contribution in [1.29, 1.82) is 5.41 Å². The van der Waals surface area contributed by atoms with E-state index in [1.807, 2.05) is 0 Å². The molecule has 0 rings (SSSR count). The van der Waals surface area contributed by atoms with Gasteiger partial charge in [0.25, 0.3) is 0 Å². The van der Waals surface area contributed by atoms with Gasteiger partial charge in [-0.25, -0.2) is 0 Å². The zero-order valence-electron chi connectivity index (χ0n) is 10.3. The molecule has 0 aromatic carbocycles. The van der Waals surface area contributed by atoms with E-state index in [0.29, 0.717) is 12.3 Å². The van der Waals surface area contributed by atoms with Crippen LogP contribution in [0, 0.1) is 11.3 Å². The van der Waals surface area contributed by atoms with Crippen molar-refractivity contribution in [2.75, 3.05) is 32.8 Å². The first kappa shape index (κ1) is 14.4. The number of likely N-dealkylation sites (N-methyl/N-ethyl adjacent to an activating group) is 1. The van der Waals surface area contributed by atoms with E-state index >= 15 is 0 Å². The van der Waals surface area contributed by atoms with Gasteiger partial charge in [-0.2, -0.15) is 0 Å².